The topological polar surface area (TPSA) is 109 Å². The molecule has 3 N–H and O–H groups in total. The molecule has 0 unspecified atom stereocenters. The maximum atomic E-state index is 12.8. The molecule has 2 aromatic carbocycles. The Morgan fingerprint density at radius 1 is 1.20 bits per heavy atom. The molecule has 0 bridgehead atoms. The molecular formula is C20H23N5O3S2. The van der Waals surface area contributed by atoms with Gasteiger partial charge in [0.25, 0.3) is 15.9 Å². The molecule has 1 amide bonds. The van der Waals surface area contributed by atoms with Gasteiger partial charge in [0.15, 0.2) is 10.6 Å². The first-order valence-electron chi connectivity index (χ1n) is 9.33. The summed E-state index contributed by atoms with van der Waals surface area (Å²) in [7, 11) is -3.78. The first-order chi connectivity index (χ1) is 14.2. The van der Waals surface area contributed by atoms with Gasteiger partial charge in [0, 0.05) is 17.8 Å². The fourth-order valence-electron chi connectivity index (χ4n) is 3.00. The third-order valence-corrected chi connectivity index (χ3v) is 6.41. The Hall–Kier alpha value is -2.98. The van der Waals surface area contributed by atoms with E-state index in [1.54, 1.807) is 41.8 Å². The molecule has 1 aromatic heterocycles. The predicted molar refractivity (Wildman–Crippen MR) is 117 cm³/mol. The fourth-order valence-corrected chi connectivity index (χ4v) is 4.66. The van der Waals surface area contributed by atoms with E-state index in [1.807, 2.05) is 19.9 Å². The van der Waals surface area contributed by atoms with Crippen LogP contribution >= 0.6 is 12.2 Å². The van der Waals surface area contributed by atoms with Crippen molar-refractivity contribution in [3.63, 3.8) is 0 Å². The van der Waals surface area contributed by atoms with Gasteiger partial charge in [-0.3, -0.25) is 14.6 Å². The average Bonchev–Trinajstić information content (AvgIpc) is 3.07. The van der Waals surface area contributed by atoms with E-state index in [1.165, 1.54) is 6.07 Å². The van der Waals surface area contributed by atoms with Gasteiger partial charge in [0.1, 0.15) is 0 Å². The van der Waals surface area contributed by atoms with Gasteiger partial charge in [-0.25, -0.2) is 8.42 Å². The van der Waals surface area contributed by atoms with E-state index in [9.17, 15) is 13.2 Å². The molecule has 10 heteroatoms. The van der Waals surface area contributed by atoms with Crippen molar-refractivity contribution in [3.8, 4) is 0 Å². The molecule has 158 valence electrons. The molecule has 0 aliphatic carbocycles. The third-order valence-electron chi connectivity index (χ3n) is 4.57. The van der Waals surface area contributed by atoms with Crippen LogP contribution in [0.1, 0.15) is 34.2 Å². The number of benzene rings is 2. The van der Waals surface area contributed by atoms with Gasteiger partial charge in [-0.1, -0.05) is 18.2 Å². The Balaban J connectivity index is 1.76. The Bertz CT molecular complexity index is 1250. The van der Waals surface area contributed by atoms with E-state index in [0.29, 0.717) is 34.0 Å². The number of sulfonamides is 1. The Kier molecular flexibility index (Phi) is 6.37. The monoisotopic (exact) mass is 445 g/mol. The van der Waals surface area contributed by atoms with Crippen LogP contribution in [-0.2, 0) is 23.1 Å². The lowest BCUT2D eigenvalue weighted by molar-refractivity contribution is 0.0949. The SMILES string of the molecule is CCn1c(CNC(=O)c2cccc(NS(=O)(=O)c3cc(C)ccc3C)c2)n[nH]c1=S. The molecule has 1 heterocycles. The van der Waals surface area contributed by atoms with Crippen LogP contribution in [0.2, 0.25) is 0 Å². The van der Waals surface area contributed by atoms with Crippen molar-refractivity contribution < 1.29 is 13.2 Å². The van der Waals surface area contributed by atoms with Crippen LogP contribution in [0.25, 0.3) is 0 Å². The smallest absolute Gasteiger partial charge is 0.262 e. The number of hydrogen-bond acceptors (Lipinski definition) is 5. The number of H-pyrrole nitrogens is 1. The molecule has 0 fully saturated rings. The van der Waals surface area contributed by atoms with E-state index in [2.05, 4.69) is 20.2 Å². The number of rotatable bonds is 7. The number of aromatic nitrogens is 3. The second-order valence-corrected chi connectivity index (χ2v) is 8.86. The molecule has 0 saturated carbocycles. The van der Waals surface area contributed by atoms with Crippen molar-refractivity contribution >= 4 is 33.8 Å². The first kappa shape index (κ1) is 21.7. The van der Waals surface area contributed by atoms with Crippen LogP contribution < -0.4 is 10.0 Å². The molecule has 30 heavy (non-hydrogen) atoms. The minimum absolute atomic E-state index is 0.193. The zero-order chi connectivity index (χ0) is 21.9. The number of aryl methyl sites for hydroxylation is 2. The summed E-state index contributed by atoms with van der Waals surface area (Å²) in [6.07, 6.45) is 0. The maximum absolute atomic E-state index is 12.8. The van der Waals surface area contributed by atoms with Gasteiger partial charge in [-0.15, -0.1) is 0 Å². The summed E-state index contributed by atoms with van der Waals surface area (Å²) in [5.41, 5.74) is 2.12. The lowest BCUT2D eigenvalue weighted by Gasteiger charge is -2.12. The quantitative estimate of drug-likeness (QED) is 0.484. The number of hydrogen-bond donors (Lipinski definition) is 3. The number of aromatic amines is 1. The minimum Gasteiger partial charge on any atom is -0.345 e. The number of nitrogens with zero attached hydrogens (tertiary/aromatic N) is 2. The van der Waals surface area contributed by atoms with Crippen LogP contribution in [-0.4, -0.2) is 29.1 Å². The number of amides is 1. The van der Waals surface area contributed by atoms with Gasteiger partial charge in [0.05, 0.1) is 11.4 Å². The number of carbonyl (C=O) groups is 1. The van der Waals surface area contributed by atoms with Crippen molar-refractivity contribution in [2.45, 2.75) is 38.8 Å². The number of nitrogens with one attached hydrogen (secondary N) is 3. The molecular weight excluding hydrogens is 422 g/mol. The van der Waals surface area contributed by atoms with Crippen molar-refractivity contribution in [2.75, 3.05) is 4.72 Å². The highest BCUT2D eigenvalue weighted by molar-refractivity contribution is 7.92. The second kappa shape index (κ2) is 8.80. The third kappa shape index (κ3) is 4.77. The molecule has 0 radical (unpaired) electrons. The molecule has 8 nitrogen and oxygen atoms in total. The summed E-state index contributed by atoms with van der Waals surface area (Å²) in [6.45, 7) is 6.33. The standard InChI is InChI=1S/C20H23N5O3S2/c1-4-25-18(22-23-20(25)29)12-21-19(26)15-6-5-7-16(11-15)24-30(27,28)17-10-13(2)8-9-14(17)3/h5-11,24H,4,12H2,1-3H3,(H,21,26)(H,23,29). The van der Waals surface area contributed by atoms with Crippen LogP contribution in [0.15, 0.2) is 47.4 Å². The van der Waals surface area contributed by atoms with Crippen LogP contribution in [0.5, 0.6) is 0 Å². The lowest BCUT2D eigenvalue weighted by atomic mass is 10.2. The first-order valence-corrected chi connectivity index (χ1v) is 11.2. The van der Waals surface area contributed by atoms with E-state index >= 15 is 0 Å². The molecule has 0 aliphatic heterocycles. The van der Waals surface area contributed by atoms with Gasteiger partial charge in [-0.2, -0.15) is 5.10 Å². The van der Waals surface area contributed by atoms with E-state index in [4.69, 9.17) is 12.2 Å². The molecule has 0 spiro atoms. The average molecular weight is 446 g/mol. The zero-order valence-electron chi connectivity index (χ0n) is 16.9. The molecule has 3 aromatic rings. The highest BCUT2D eigenvalue weighted by Gasteiger charge is 2.18. The summed E-state index contributed by atoms with van der Waals surface area (Å²) < 4.78 is 30.4. The highest BCUT2D eigenvalue weighted by atomic mass is 32.2. The Morgan fingerprint density at radius 2 is 1.97 bits per heavy atom. The normalized spacial score (nSPS) is 11.3. The van der Waals surface area contributed by atoms with Crippen LogP contribution in [0.4, 0.5) is 5.69 Å². The minimum atomic E-state index is -3.78. The summed E-state index contributed by atoms with van der Waals surface area (Å²) >= 11 is 5.14. The second-order valence-electron chi connectivity index (χ2n) is 6.83. The lowest BCUT2D eigenvalue weighted by Crippen LogP contribution is -2.25. The molecule has 0 atom stereocenters. The van der Waals surface area contributed by atoms with E-state index in [-0.39, 0.29) is 17.3 Å². The predicted octanol–water partition coefficient (Wildman–Crippen LogP) is 3.31. The van der Waals surface area contributed by atoms with Gasteiger partial charge < -0.3 is 9.88 Å². The van der Waals surface area contributed by atoms with Crippen LogP contribution in [0, 0.1) is 18.6 Å². The zero-order valence-corrected chi connectivity index (χ0v) is 18.5. The van der Waals surface area contributed by atoms with Gasteiger partial charge in [-0.05, 0) is 68.4 Å². The Morgan fingerprint density at radius 3 is 2.70 bits per heavy atom. The summed E-state index contributed by atoms with van der Waals surface area (Å²) in [5, 5.41) is 9.58. The van der Waals surface area contributed by atoms with Crippen LogP contribution in [0.3, 0.4) is 0 Å². The van der Waals surface area contributed by atoms with E-state index in [0.717, 1.165) is 5.56 Å². The van der Waals surface area contributed by atoms with Gasteiger partial charge >= 0.3 is 0 Å². The summed E-state index contributed by atoms with van der Waals surface area (Å²) in [6, 6.07) is 11.6. The van der Waals surface area contributed by atoms with Gasteiger partial charge in [0.2, 0.25) is 0 Å². The number of carbonyl (C=O) groups excluding carboxylic acids is 1. The van der Waals surface area contributed by atoms with Crippen molar-refractivity contribution in [2.24, 2.45) is 0 Å². The fraction of sp³-hybridized carbons (Fsp3) is 0.250. The maximum Gasteiger partial charge on any atom is 0.262 e. The van der Waals surface area contributed by atoms with E-state index < -0.39 is 10.0 Å². The largest absolute Gasteiger partial charge is 0.345 e. The summed E-state index contributed by atoms with van der Waals surface area (Å²) in [5.74, 6) is 0.266. The number of anilines is 1. The van der Waals surface area contributed by atoms with Crippen molar-refractivity contribution in [1.29, 1.82) is 0 Å². The van der Waals surface area contributed by atoms with Crippen molar-refractivity contribution in [3.05, 3.63) is 69.8 Å². The molecule has 0 aliphatic rings. The molecule has 0 saturated heterocycles. The van der Waals surface area contributed by atoms with Crippen molar-refractivity contribution in [1.82, 2.24) is 20.1 Å². The summed E-state index contributed by atoms with van der Waals surface area (Å²) in [4.78, 5) is 12.8. The molecule has 3 rings (SSSR count). The highest BCUT2D eigenvalue weighted by Crippen LogP contribution is 2.21. The Labute approximate surface area is 180 Å².